The van der Waals surface area contributed by atoms with Gasteiger partial charge in [-0.1, -0.05) is 23.7 Å². The summed E-state index contributed by atoms with van der Waals surface area (Å²) < 4.78 is 5.45. The molecule has 1 aliphatic carbocycles. The third-order valence-corrected chi connectivity index (χ3v) is 4.35. The molecule has 0 bridgehead atoms. The molecule has 1 saturated carbocycles. The highest BCUT2D eigenvalue weighted by molar-refractivity contribution is 6.30. The maximum Gasteiger partial charge on any atom is 0.250 e. The molecular weight excluding hydrogens is 276 g/mol. The maximum absolute atomic E-state index is 12.1. The van der Waals surface area contributed by atoms with E-state index in [4.69, 9.17) is 16.3 Å². The van der Waals surface area contributed by atoms with E-state index in [1.807, 2.05) is 18.2 Å². The van der Waals surface area contributed by atoms with Gasteiger partial charge in [0.2, 0.25) is 5.91 Å². The summed E-state index contributed by atoms with van der Waals surface area (Å²) in [7, 11) is 0. The number of ether oxygens (including phenoxy) is 1. The highest BCUT2D eigenvalue weighted by Gasteiger charge is 2.44. The van der Waals surface area contributed by atoms with Gasteiger partial charge in [-0.15, -0.1) is 0 Å². The van der Waals surface area contributed by atoms with Gasteiger partial charge in [0.1, 0.15) is 6.10 Å². The third kappa shape index (κ3) is 2.97. The van der Waals surface area contributed by atoms with Gasteiger partial charge < -0.3 is 15.4 Å². The molecule has 1 saturated heterocycles. The van der Waals surface area contributed by atoms with Crippen molar-refractivity contribution < 1.29 is 9.53 Å². The predicted molar refractivity (Wildman–Crippen MR) is 78.0 cm³/mol. The van der Waals surface area contributed by atoms with E-state index in [9.17, 15) is 4.79 Å². The fourth-order valence-corrected chi connectivity index (χ4v) is 2.83. The van der Waals surface area contributed by atoms with Crippen molar-refractivity contribution in [1.29, 1.82) is 0 Å². The van der Waals surface area contributed by atoms with E-state index in [0.29, 0.717) is 19.7 Å². The van der Waals surface area contributed by atoms with Crippen molar-refractivity contribution >= 4 is 17.5 Å². The average Bonchev–Trinajstić information content (AvgIpc) is 3.27. The Kier molecular flexibility index (Phi) is 3.96. The maximum atomic E-state index is 12.1. The van der Waals surface area contributed by atoms with Gasteiger partial charge in [0.15, 0.2) is 0 Å². The molecule has 2 fully saturated rings. The van der Waals surface area contributed by atoms with Crippen LogP contribution in [0.5, 0.6) is 0 Å². The molecule has 1 aromatic carbocycles. The molecule has 0 aromatic heterocycles. The SMILES string of the molecule is O=C(NCC1(c2cccc(Cl)c2)CC1)C1CNCCO1. The van der Waals surface area contributed by atoms with Crippen LogP contribution < -0.4 is 10.6 Å². The van der Waals surface area contributed by atoms with Crippen LogP contribution in [0, 0.1) is 0 Å². The minimum atomic E-state index is -0.362. The molecule has 1 atom stereocenters. The fraction of sp³-hybridized carbons (Fsp3) is 0.533. The van der Waals surface area contributed by atoms with Crippen molar-refractivity contribution in [3.63, 3.8) is 0 Å². The second-order valence-electron chi connectivity index (χ2n) is 5.57. The summed E-state index contributed by atoms with van der Waals surface area (Å²) in [6, 6.07) is 7.93. The van der Waals surface area contributed by atoms with Gasteiger partial charge in [0.05, 0.1) is 6.61 Å². The Bertz CT molecular complexity index is 496. The van der Waals surface area contributed by atoms with E-state index in [0.717, 1.165) is 24.4 Å². The van der Waals surface area contributed by atoms with Crippen LogP contribution in [0.15, 0.2) is 24.3 Å². The van der Waals surface area contributed by atoms with Crippen LogP contribution in [0.1, 0.15) is 18.4 Å². The van der Waals surface area contributed by atoms with Crippen molar-refractivity contribution in [2.75, 3.05) is 26.2 Å². The molecule has 3 rings (SSSR count). The van der Waals surface area contributed by atoms with E-state index in [-0.39, 0.29) is 17.4 Å². The number of hydrogen-bond acceptors (Lipinski definition) is 3. The van der Waals surface area contributed by atoms with Crippen LogP contribution in [0.2, 0.25) is 5.02 Å². The first-order valence-corrected chi connectivity index (χ1v) is 7.44. The second-order valence-corrected chi connectivity index (χ2v) is 6.01. The zero-order valence-electron chi connectivity index (χ0n) is 11.3. The Morgan fingerprint density at radius 2 is 2.35 bits per heavy atom. The summed E-state index contributed by atoms with van der Waals surface area (Å²) in [5.74, 6) is -0.0227. The minimum absolute atomic E-state index is 0.0227. The van der Waals surface area contributed by atoms with E-state index in [2.05, 4.69) is 16.7 Å². The van der Waals surface area contributed by atoms with Crippen LogP contribution in [0.4, 0.5) is 0 Å². The summed E-state index contributed by atoms with van der Waals surface area (Å²) in [5, 5.41) is 6.94. The predicted octanol–water partition coefficient (Wildman–Crippen LogP) is 1.48. The molecule has 1 unspecified atom stereocenters. The minimum Gasteiger partial charge on any atom is -0.366 e. The lowest BCUT2D eigenvalue weighted by Crippen LogP contribution is -2.49. The van der Waals surface area contributed by atoms with Gasteiger partial charge in [-0.25, -0.2) is 0 Å². The topological polar surface area (TPSA) is 50.4 Å². The zero-order valence-corrected chi connectivity index (χ0v) is 12.1. The molecule has 1 amide bonds. The van der Waals surface area contributed by atoms with Crippen molar-refractivity contribution in [2.45, 2.75) is 24.4 Å². The molecule has 1 heterocycles. The first-order chi connectivity index (χ1) is 9.70. The fourth-order valence-electron chi connectivity index (χ4n) is 2.64. The van der Waals surface area contributed by atoms with Gasteiger partial charge in [-0.2, -0.15) is 0 Å². The first-order valence-electron chi connectivity index (χ1n) is 7.06. The monoisotopic (exact) mass is 294 g/mol. The molecule has 0 radical (unpaired) electrons. The smallest absolute Gasteiger partial charge is 0.250 e. The van der Waals surface area contributed by atoms with Gasteiger partial charge in [-0.05, 0) is 30.5 Å². The molecule has 108 valence electrons. The van der Waals surface area contributed by atoms with Crippen LogP contribution in [0.25, 0.3) is 0 Å². The van der Waals surface area contributed by atoms with Crippen molar-refractivity contribution in [2.24, 2.45) is 0 Å². The van der Waals surface area contributed by atoms with E-state index in [1.165, 1.54) is 5.56 Å². The van der Waals surface area contributed by atoms with Gasteiger partial charge in [-0.3, -0.25) is 4.79 Å². The molecule has 2 aliphatic rings. The quantitative estimate of drug-likeness (QED) is 0.884. The average molecular weight is 295 g/mol. The largest absolute Gasteiger partial charge is 0.366 e. The Labute approximate surface area is 123 Å². The Morgan fingerprint density at radius 1 is 1.50 bits per heavy atom. The van der Waals surface area contributed by atoms with Crippen LogP contribution in [0.3, 0.4) is 0 Å². The molecule has 20 heavy (non-hydrogen) atoms. The lowest BCUT2D eigenvalue weighted by molar-refractivity contribution is -0.134. The van der Waals surface area contributed by atoms with E-state index in [1.54, 1.807) is 0 Å². The Hall–Kier alpha value is -1.10. The highest BCUT2D eigenvalue weighted by atomic mass is 35.5. The number of halogens is 1. The Morgan fingerprint density at radius 3 is 3.00 bits per heavy atom. The lowest BCUT2D eigenvalue weighted by Gasteiger charge is -2.24. The Balaban J connectivity index is 1.59. The standard InChI is InChI=1S/C15H19ClN2O2/c16-12-3-1-2-11(8-12)15(4-5-15)10-18-14(19)13-9-17-6-7-20-13/h1-3,8,13,17H,4-7,9-10H2,(H,18,19). The summed E-state index contributed by atoms with van der Waals surface area (Å²) in [4.78, 5) is 12.1. The number of nitrogens with one attached hydrogen (secondary N) is 2. The summed E-state index contributed by atoms with van der Waals surface area (Å²) in [6.07, 6.45) is 1.83. The molecule has 5 heteroatoms. The summed E-state index contributed by atoms with van der Waals surface area (Å²) in [6.45, 7) is 2.66. The number of carbonyl (C=O) groups is 1. The van der Waals surface area contributed by atoms with Gasteiger partial charge in [0, 0.05) is 30.1 Å². The number of morpholine rings is 1. The van der Waals surface area contributed by atoms with Gasteiger partial charge >= 0.3 is 0 Å². The number of rotatable bonds is 4. The molecule has 4 nitrogen and oxygen atoms in total. The van der Waals surface area contributed by atoms with E-state index < -0.39 is 0 Å². The normalized spacial score (nSPS) is 24.1. The number of hydrogen-bond donors (Lipinski definition) is 2. The van der Waals surface area contributed by atoms with Crippen LogP contribution >= 0.6 is 11.6 Å². The summed E-state index contributed by atoms with van der Waals surface area (Å²) in [5.41, 5.74) is 1.29. The molecular formula is C15H19ClN2O2. The first kappa shape index (κ1) is 13.9. The van der Waals surface area contributed by atoms with Crippen LogP contribution in [-0.4, -0.2) is 38.3 Å². The van der Waals surface area contributed by atoms with Crippen LogP contribution in [-0.2, 0) is 14.9 Å². The molecule has 2 N–H and O–H groups in total. The molecule has 1 aromatic rings. The lowest BCUT2D eigenvalue weighted by atomic mass is 9.96. The van der Waals surface area contributed by atoms with Crippen molar-refractivity contribution in [3.8, 4) is 0 Å². The van der Waals surface area contributed by atoms with Crippen molar-refractivity contribution in [3.05, 3.63) is 34.9 Å². The van der Waals surface area contributed by atoms with Crippen molar-refractivity contribution in [1.82, 2.24) is 10.6 Å². The van der Waals surface area contributed by atoms with E-state index >= 15 is 0 Å². The highest BCUT2D eigenvalue weighted by Crippen LogP contribution is 2.48. The number of benzene rings is 1. The zero-order chi connectivity index (χ0) is 14.0. The number of carbonyl (C=O) groups excluding carboxylic acids is 1. The second kappa shape index (κ2) is 5.72. The summed E-state index contributed by atoms with van der Waals surface area (Å²) >= 11 is 6.05. The molecule has 0 spiro atoms. The third-order valence-electron chi connectivity index (χ3n) is 4.11. The number of amides is 1. The molecule has 1 aliphatic heterocycles. The van der Waals surface area contributed by atoms with Gasteiger partial charge in [0.25, 0.3) is 0 Å².